The van der Waals surface area contributed by atoms with E-state index in [9.17, 15) is 22.4 Å². The smallest absolute Gasteiger partial charge is 0.341 e. The van der Waals surface area contributed by atoms with Gasteiger partial charge >= 0.3 is 5.97 Å². The maximum Gasteiger partial charge on any atom is 0.341 e. The average Bonchev–Trinajstić information content (AvgIpc) is 2.73. The van der Waals surface area contributed by atoms with Crippen LogP contribution in [0.25, 0.3) is 0 Å². The van der Waals surface area contributed by atoms with Gasteiger partial charge in [0.2, 0.25) is 10.0 Å². The van der Waals surface area contributed by atoms with Crippen molar-refractivity contribution in [1.82, 2.24) is 4.31 Å². The van der Waals surface area contributed by atoms with Gasteiger partial charge in [-0.15, -0.1) is 0 Å². The summed E-state index contributed by atoms with van der Waals surface area (Å²) in [4.78, 5) is 23.9. The van der Waals surface area contributed by atoms with Gasteiger partial charge in [0.15, 0.2) is 6.61 Å². The number of carbonyl (C=O) groups is 2. The molecule has 0 spiro atoms. The zero-order valence-corrected chi connectivity index (χ0v) is 17.2. The minimum atomic E-state index is -3.90. The number of nitriles is 1. The molecule has 0 atom stereocenters. The molecule has 158 valence electrons. The number of nitrogens with zero attached hydrogens (tertiary/aromatic N) is 2. The number of sulfonamides is 1. The van der Waals surface area contributed by atoms with Crippen LogP contribution < -0.4 is 5.32 Å². The summed E-state index contributed by atoms with van der Waals surface area (Å²) in [7, 11) is -3.90. The molecule has 0 bridgehead atoms. The van der Waals surface area contributed by atoms with Gasteiger partial charge in [-0.25, -0.2) is 17.6 Å². The van der Waals surface area contributed by atoms with Crippen LogP contribution in [0.4, 0.5) is 10.1 Å². The lowest BCUT2D eigenvalue weighted by Gasteiger charge is -2.18. The van der Waals surface area contributed by atoms with Crippen molar-refractivity contribution in [3.05, 3.63) is 59.4 Å². The van der Waals surface area contributed by atoms with Crippen LogP contribution >= 0.6 is 0 Å². The lowest BCUT2D eigenvalue weighted by atomic mass is 10.2. The first-order valence-corrected chi connectivity index (χ1v) is 10.4. The monoisotopic (exact) mass is 433 g/mol. The first-order valence-electron chi connectivity index (χ1n) is 8.99. The number of carbonyl (C=O) groups excluding carboxylic acids is 2. The molecular formula is C20H20FN3O5S. The second kappa shape index (κ2) is 9.96. The number of esters is 1. The van der Waals surface area contributed by atoms with E-state index in [1.54, 1.807) is 32.0 Å². The molecule has 30 heavy (non-hydrogen) atoms. The summed E-state index contributed by atoms with van der Waals surface area (Å²) < 4.78 is 45.2. The summed E-state index contributed by atoms with van der Waals surface area (Å²) in [5.41, 5.74) is 0.0641. The van der Waals surface area contributed by atoms with Gasteiger partial charge in [-0.1, -0.05) is 19.9 Å². The second-order valence-corrected chi connectivity index (χ2v) is 7.99. The van der Waals surface area contributed by atoms with Crippen molar-refractivity contribution in [3.8, 4) is 6.07 Å². The lowest BCUT2D eigenvalue weighted by molar-refractivity contribution is -0.119. The lowest BCUT2D eigenvalue weighted by Crippen LogP contribution is -2.30. The zero-order valence-electron chi connectivity index (χ0n) is 16.4. The number of anilines is 1. The maximum absolute atomic E-state index is 14.1. The molecule has 1 amide bonds. The number of amides is 1. The van der Waals surface area contributed by atoms with Crippen molar-refractivity contribution in [1.29, 1.82) is 5.26 Å². The summed E-state index contributed by atoms with van der Waals surface area (Å²) in [6, 6.07) is 10.8. The van der Waals surface area contributed by atoms with Crippen LogP contribution in [0.15, 0.2) is 47.4 Å². The molecular weight excluding hydrogens is 413 g/mol. The van der Waals surface area contributed by atoms with Crippen LogP contribution in [0.1, 0.15) is 29.8 Å². The van der Waals surface area contributed by atoms with Crippen molar-refractivity contribution in [2.45, 2.75) is 18.7 Å². The fourth-order valence-electron chi connectivity index (χ4n) is 2.61. The van der Waals surface area contributed by atoms with Crippen molar-refractivity contribution in [2.75, 3.05) is 25.0 Å². The molecule has 0 aliphatic carbocycles. The Balaban J connectivity index is 2.11. The number of benzene rings is 2. The van der Waals surface area contributed by atoms with Crippen LogP contribution in [0.5, 0.6) is 0 Å². The van der Waals surface area contributed by atoms with Gasteiger partial charge in [-0.3, -0.25) is 4.79 Å². The molecule has 2 aromatic carbocycles. The first kappa shape index (κ1) is 23.0. The standard InChI is InChI=1S/C20H20FN3O5S/c1-3-24(4-2)30(27,28)16-8-9-18(21)17(11-16)20(26)29-13-19(25)23-15-7-5-6-14(10-15)12-22/h5-11H,3-4,13H2,1-2H3,(H,23,25). The Morgan fingerprint density at radius 3 is 2.50 bits per heavy atom. The van der Waals surface area contributed by atoms with Crippen LogP contribution in [-0.2, 0) is 19.6 Å². The number of hydrogen-bond donors (Lipinski definition) is 1. The van der Waals surface area contributed by atoms with Gasteiger partial charge in [0.05, 0.1) is 22.1 Å². The van der Waals surface area contributed by atoms with E-state index in [2.05, 4.69) is 5.32 Å². The Kier molecular flexibility index (Phi) is 7.63. The van der Waals surface area contributed by atoms with E-state index in [-0.39, 0.29) is 18.0 Å². The van der Waals surface area contributed by atoms with Gasteiger partial charge in [0.25, 0.3) is 5.91 Å². The van der Waals surface area contributed by atoms with Gasteiger partial charge in [-0.05, 0) is 36.4 Å². The predicted octanol–water partition coefficient (Wildman–Crippen LogP) is 2.52. The highest BCUT2D eigenvalue weighted by molar-refractivity contribution is 7.89. The zero-order chi connectivity index (χ0) is 22.3. The van der Waals surface area contributed by atoms with E-state index < -0.39 is 39.9 Å². The molecule has 0 aliphatic rings. The van der Waals surface area contributed by atoms with E-state index in [1.165, 1.54) is 6.07 Å². The van der Waals surface area contributed by atoms with E-state index in [1.807, 2.05) is 6.07 Å². The predicted molar refractivity (Wildman–Crippen MR) is 107 cm³/mol. The SMILES string of the molecule is CCN(CC)S(=O)(=O)c1ccc(F)c(C(=O)OCC(=O)Nc2cccc(C#N)c2)c1. The third-order valence-corrected chi connectivity index (χ3v) is 6.16. The summed E-state index contributed by atoms with van der Waals surface area (Å²) in [6.45, 7) is 3.02. The van der Waals surface area contributed by atoms with E-state index in [4.69, 9.17) is 10.00 Å². The Hall–Kier alpha value is -3.29. The molecule has 8 nitrogen and oxygen atoms in total. The minimum Gasteiger partial charge on any atom is -0.452 e. The quantitative estimate of drug-likeness (QED) is 0.640. The fourth-order valence-corrected chi connectivity index (χ4v) is 4.09. The van der Waals surface area contributed by atoms with Crippen molar-refractivity contribution >= 4 is 27.6 Å². The van der Waals surface area contributed by atoms with Crippen LogP contribution in [0.3, 0.4) is 0 Å². The third kappa shape index (κ3) is 5.40. The molecule has 0 saturated heterocycles. The highest BCUT2D eigenvalue weighted by Gasteiger charge is 2.25. The summed E-state index contributed by atoms with van der Waals surface area (Å²) in [5.74, 6) is -2.85. The average molecular weight is 433 g/mol. The summed E-state index contributed by atoms with van der Waals surface area (Å²) in [6.07, 6.45) is 0. The number of halogens is 1. The molecule has 0 saturated carbocycles. The van der Waals surface area contributed by atoms with Gasteiger partial charge < -0.3 is 10.1 Å². The van der Waals surface area contributed by atoms with Crippen LogP contribution in [0.2, 0.25) is 0 Å². The molecule has 2 aromatic rings. The number of ether oxygens (including phenoxy) is 1. The van der Waals surface area contributed by atoms with Gasteiger partial charge in [0.1, 0.15) is 5.82 Å². The Morgan fingerprint density at radius 1 is 1.17 bits per heavy atom. The van der Waals surface area contributed by atoms with E-state index >= 15 is 0 Å². The third-order valence-electron chi connectivity index (χ3n) is 4.11. The van der Waals surface area contributed by atoms with E-state index in [0.717, 1.165) is 22.5 Å². The van der Waals surface area contributed by atoms with Crippen LogP contribution in [-0.4, -0.2) is 44.3 Å². The Morgan fingerprint density at radius 2 is 1.87 bits per heavy atom. The number of rotatable bonds is 8. The molecule has 0 radical (unpaired) electrons. The largest absolute Gasteiger partial charge is 0.452 e. The number of hydrogen-bond acceptors (Lipinski definition) is 6. The molecule has 0 fully saturated rings. The Labute approximate surface area is 173 Å². The highest BCUT2D eigenvalue weighted by Crippen LogP contribution is 2.20. The van der Waals surface area contributed by atoms with Crippen LogP contribution in [0, 0.1) is 17.1 Å². The molecule has 10 heteroatoms. The second-order valence-electron chi connectivity index (χ2n) is 6.05. The molecule has 0 aromatic heterocycles. The van der Waals surface area contributed by atoms with E-state index in [0.29, 0.717) is 11.3 Å². The highest BCUT2D eigenvalue weighted by atomic mass is 32.2. The number of nitrogens with one attached hydrogen (secondary N) is 1. The fraction of sp³-hybridized carbons (Fsp3) is 0.250. The van der Waals surface area contributed by atoms with Crippen molar-refractivity contribution in [2.24, 2.45) is 0 Å². The van der Waals surface area contributed by atoms with Crippen molar-refractivity contribution in [3.63, 3.8) is 0 Å². The van der Waals surface area contributed by atoms with Gasteiger partial charge in [-0.2, -0.15) is 9.57 Å². The summed E-state index contributed by atoms with van der Waals surface area (Å²) in [5, 5.41) is 11.3. The van der Waals surface area contributed by atoms with Crippen molar-refractivity contribution < 1.29 is 27.1 Å². The molecule has 2 rings (SSSR count). The first-order chi connectivity index (χ1) is 14.2. The molecule has 0 heterocycles. The molecule has 0 unspecified atom stereocenters. The Bertz CT molecular complexity index is 1090. The van der Waals surface area contributed by atoms with Gasteiger partial charge in [0, 0.05) is 18.8 Å². The topological polar surface area (TPSA) is 117 Å². The molecule has 0 aliphatic heterocycles. The minimum absolute atomic E-state index is 0.211. The maximum atomic E-state index is 14.1. The summed E-state index contributed by atoms with van der Waals surface area (Å²) >= 11 is 0. The normalized spacial score (nSPS) is 11.0. The molecule has 1 N–H and O–H groups in total.